The molecule has 19 heteroatoms. The normalized spacial score (nSPS) is 25.4. The molecule has 0 aromatic heterocycles. The summed E-state index contributed by atoms with van der Waals surface area (Å²) in [5.41, 5.74) is 0.552. The van der Waals surface area contributed by atoms with Gasteiger partial charge < -0.3 is 52.3 Å². The Morgan fingerprint density at radius 1 is 0.729 bits per heavy atom. The minimum atomic E-state index is -1.41. The minimum absolute atomic E-state index is 0.0218. The van der Waals surface area contributed by atoms with Gasteiger partial charge in [-0.25, -0.2) is 0 Å². The predicted octanol–water partition coefficient (Wildman–Crippen LogP) is -0.791. The second kappa shape index (κ2) is 22.4. The number of aromatic hydroxyl groups is 1. The van der Waals surface area contributed by atoms with Gasteiger partial charge in [0.15, 0.2) is 0 Å². The molecule has 0 radical (unpaired) electrons. The number of aliphatic carboxylic acids is 1. The molecule has 2 heterocycles. The van der Waals surface area contributed by atoms with E-state index in [9.17, 15) is 53.4 Å². The lowest BCUT2D eigenvalue weighted by atomic mass is 9.97. The molecular formula is C40H60N8O11. The zero-order chi connectivity index (χ0) is 44.0. The van der Waals surface area contributed by atoms with Crippen molar-refractivity contribution >= 4 is 53.2 Å². The van der Waals surface area contributed by atoms with E-state index in [2.05, 4.69) is 37.2 Å². The molecule has 9 N–H and O–H groups in total. The maximum Gasteiger partial charge on any atom is 0.303 e. The topological polar surface area (TPSA) is 282 Å². The Bertz CT molecular complexity index is 1700. The molecule has 0 spiro atoms. The summed E-state index contributed by atoms with van der Waals surface area (Å²) in [4.78, 5) is 122. The van der Waals surface area contributed by atoms with Crippen molar-refractivity contribution in [3.8, 4) is 5.75 Å². The van der Waals surface area contributed by atoms with Crippen LogP contribution < -0.4 is 37.2 Å². The van der Waals surface area contributed by atoms with Gasteiger partial charge in [0.1, 0.15) is 42.0 Å². The van der Waals surface area contributed by atoms with E-state index in [1.54, 1.807) is 39.8 Å². The lowest BCUT2D eigenvalue weighted by molar-refractivity contribution is -0.143. The van der Waals surface area contributed by atoms with Crippen LogP contribution in [0.4, 0.5) is 0 Å². The Morgan fingerprint density at radius 2 is 1.34 bits per heavy atom. The molecule has 19 nitrogen and oxygen atoms in total. The van der Waals surface area contributed by atoms with Crippen molar-refractivity contribution in [3.63, 3.8) is 0 Å². The van der Waals surface area contributed by atoms with Gasteiger partial charge in [-0.05, 0) is 61.1 Å². The van der Waals surface area contributed by atoms with Gasteiger partial charge in [-0.15, -0.1) is 0 Å². The minimum Gasteiger partial charge on any atom is -0.508 e. The second-order valence-electron chi connectivity index (χ2n) is 16.0. The Morgan fingerprint density at radius 3 is 1.93 bits per heavy atom. The summed E-state index contributed by atoms with van der Waals surface area (Å²) in [7, 11) is 0. The second-order valence-corrected chi connectivity index (χ2v) is 16.0. The molecule has 59 heavy (non-hydrogen) atoms. The molecule has 2 aliphatic heterocycles. The zero-order valence-corrected chi connectivity index (χ0v) is 34.6. The highest BCUT2D eigenvalue weighted by Crippen LogP contribution is 2.21. The molecular weight excluding hydrogens is 768 g/mol. The number of carbonyl (C=O) groups is 9. The molecule has 0 saturated carbocycles. The van der Waals surface area contributed by atoms with Crippen LogP contribution in [0.3, 0.4) is 0 Å². The lowest BCUT2D eigenvalue weighted by Crippen LogP contribution is -2.60. The van der Waals surface area contributed by atoms with E-state index in [-0.39, 0.29) is 43.9 Å². The molecule has 2 aliphatic rings. The SMILES string of the molecule is CC[C@H](C)[C@@H]1NC(=O)[C@H](CCC(=O)O)NC(=O)[C@@H]2CCCN2C(=O)[C@H](CC(C)C)NC(=O)CNC(=O)[C@H](Cc2ccc(O)cc2)NC(=O)[C@H](C(C)C)NC(=O)CNC1=O. The molecule has 1 aromatic rings. The van der Waals surface area contributed by atoms with E-state index in [4.69, 9.17) is 0 Å². The van der Waals surface area contributed by atoms with Gasteiger partial charge in [0.2, 0.25) is 47.3 Å². The summed E-state index contributed by atoms with van der Waals surface area (Å²) in [6.45, 7) is 9.41. The van der Waals surface area contributed by atoms with E-state index in [0.29, 0.717) is 18.4 Å². The van der Waals surface area contributed by atoms with Crippen LogP contribution in [0.5, 0.6) is 5.75 Å². The van der Waals surface area contributed by atoms with Gasteiger partial charge in [0.05, 0.1) is 13.1 Å². The standard InChI is InChI=1S/C40H60N8O11/c1-7-23(6)34-38(57)42-20-31(51)46-33(22(4)5)39(58)45-27(18-24-10-12-25(49)13-11-24)35(54)41-19-30(50)43-28(17-21(2)3)40(59)48-16-8-9-29(48)37(56)44-26(36(55)47-34)14-15-32(52)53/h10-13,21-23,26-29,33-34,49H,7-9,14-20H2,1-6H3,(H,41,54)(H,42,57)(H,43,50)(H,44,56)(H,45,58)(H,46,51)(H,47,55)(H,52,53)/t23-,26-,27-,28-,29-,33-,34-/m0/s1. The highest BCUT2D eigenvalue weighted by Gasteiger charge is 2.40. The molecule has 2 saturated heterocycles. The van der Waals surface area contributed by atoms with Crippen molar-refractivity contribution in [3.05, 3.63) is 29.8 Å². The fourth-order valence-electron chi connectivity index (χ4n) is 6.87. The third-order valence-electron chi connectivity index (χ3n) is 10.4. The Kier molecular flexibility index (Phi) is 18.1. The molecule has 0 unspecified atom stereocenters. The maximum absolute atomic E-state index is 14.0. The molecule has 0 bridgehead atoms. The van der Waals surface area contributed by atoms with E-state index >= 15 is 0 Å². The van der Waals surface area contributed by atoms with Gasteiger partial charge in [-0.1, -0.05) is 60.1 Å². The van der Waals surface area contributed by atoms with Crippen molar-refractivity contribution in [2.45, 2.75) is 123 Å². The molecule has 3 rings (SSSR count). The van der Waals surface area contributed by atoms with Crippen LogP contribution in [0.1, 0.15) is 85.6 Å². The predicted molar refractivity (Wildman–Crippen MR) is 213 cm³/mol. The monoisotopic (exact) mass is 828 g/mol. The van der Waals surface area contributed by atoms with Crippen molar-refractivity contribution < 1.29 is 53.4 Å². The Balaban J connectivity index is 2.02. The molecule has 1 aromatic carbocycles. The van der Waals surface area contributed by atoms with Gasteiger partial charge in [-0.2, -0.15) is 0 Å². The number of amides is 8. The number of nitrogens with zero attached hydrogens (tertiary/aromatic N) is 1. The van der Waals surface area contributed by atoms with Crippen LogP contribution in [0, 0.1) is 17.8 Å². The largest absolute Gasteiger partial charge is 0.508 e. The lowest BCUT2D eigenvalue weighted by Gasteiger charge is -2.31. The number of nitrogens with one attached hydrogen (secondary N) is 7. The maximum atomic E-state index is 14.0. The number of rotatable bonds is 10. The van der Waals surface area contributed by atoms with Crippen molar-refractivity contribution in [2.75, 3.05) is 19.6 Å². The van der Waals surface area contributed by atoms with Crippen molar-refractivity contribution in [1.82, 2.24) is 42.1 Å². The number of hydrogen-bond donors (Lipinski definition) is 9. The van der Waals surface area contributed by atoms with Crippen LogP contribution in [0.25, 0.3) is 0 Å². The van der Waals surface area contributed by atoms with E-state index in [1.807, 2.05) is 13.8 Å². The third-order valence-corrected chi connectivity index (χ3v) is 10.4. The summed E-state index contributed by atoms with van der Waals surface area (Å²) in [6.07, 6.45) is 0.302. The summed E-state index contributed by atoms with van der Waals surface area (Å²) in [5.74, 6) is -8.20. The average Bonchev–Trinajstić information content (AvgIpc) is 3.68. The molecule has 0 aliphatic carbocycles. The molecule has 8 amide bonds. The third kappa shape index (κ3) is 14.5. The number of phenols is 1. The van der Waals surface area contributed by atoms with Gasteiger partial charge in [0.25, 0.3) is 0 Å². The number of hydrogen-bond acceptors (Lipinski definition) is 10. The quantitative estimate of drug-likeness (QED) is 0.141. The van der Waals surface area contributed by atoms with Crippen LogP contribution in [-0.2, 0) is 49.6 Å². The first kappa shape index (κ1) is 47.6. The van der Waals surface area contributed by atoms with Gasteiger partial charge >= 0.3 is 5.97 Å². The number of carboxylic acid groups (broad SMARTS) is 1. The highest BCUT2D eigenvalue weighted by atomic mass is 16.4. The first-order valence-electron chi connectivity index (χ1n) is 20.2. The van der Waals surface area contributed by atoms with E-state index in [0.717, 1.165) is 0 Å². The van der Waals surface area contributed by atoms with Crippen LogP contribution in [0.2, 0.25) is 0 Å². The fourth-order valence-corrected chi connectivity index (χ4v) is 6.87. The van der Waals surface area contributed by atoms with Gasteiger partial charge in [0, 0.05) is 19.4 Å². The number of carboxylic acids is 1. The first-order valence-corrected chi connectivity index (χ1v) is 20.2. The number of fused-ring (bicyclic) bond motifs is 1. The van der Waals surface area contributed by atoms with E-state index in [1.165, 1.54) is 17.0 Å². The summed E-state index contributed by atoms with van der Waals surface area (Å²) < 4.78 is 0. The Hall–Kier alpha value is -5.75. The number of benzene rings is 1. The highest BCUT2D eigenvalue weighted by molar-refractivity contribution is 5.98. The Labute approximate surface area is 343 Å². The van der Waals surface area contributed by atoms with E-state index < -0.39 is 121 Å². The summed E-state index contributed by atoms with van der Waals surface area (Å²) in [6, 6.07) is -1.34. The van der Waals surface area contributed by atoms with Crippen LogP contribution in [-0.4, -0.2) is 124 Å². The number of carbonyl (C=O) groups excluding carboxylic acids is 8. The average molecular weight is 829 g/mol. The summed E-state index contributed by atoms with van der Waals surface area (Å²) in [5, 5.41) is 37.3. The zero-order valence-electron chi connectivity index (χ0n) is 34.6. The number of phenolic OH excluding ortho intramolecular Hbond substituents is 1. The van der Waals surface area contributed by atoms with Crippen molar-refractivity contribution in [2.24, 2.45) is 17.8 Å². The molecule has 7 atom stereocenters. The molecule has 326 valence electrons. The summed E-state index contributed by atoms with van der Waals surface area (Å²) >= 11 is 0. The van der Waals surface area contributed by atoms with Crippen LogP contribution >= 0.6 is 0 Å². The fraction of sp³-hybridized carbons (Fsp3) is 0.625. The first-order chi connectivity index (χ1) is 27.8. The van der Waals surface area contributed by atoms with Crippen molar-refractivity contribution in [1.29, 1.82) is 0 Å². The van der Waals surface area contributed by atoms with Crippen LogP contribution in [0.15, 0.2) is 24.3 Å². The van der Waals surface area contributed by atoms with Gasteiger partial charge in [-0.3, -0.25) is 43.2 Å². The smallest absolute Gasteiger partial charge is 0.303 e. The molecule has 2 fully saturated rings.